The van der Waals surface area contributed by atoms with Crippen LogP contribution in [0.1, 0.15) is 16.7 Å². The second-order valence-corrected chi connectivity index (χ2v) is 6.99. The van der Waals surface area contributed by atoms with Gasteiger partial charge in [-0.05, 0) is 36.8 Å². The fourth-order valence-corrected chi connectivity index (χ4v) is 3.32. The van der Waals surface area contributed by atoms with Crippen molar-refractivity contribution in [1.29, 1.82) is 0 Å². The zero-order valence-corrected chi connectivity index (χ0v) is 16.7. The summed E-state index contributed by atoms with van der Waals surface area (Å²) in [7, 11) is 1.63. The number of urea groups is 1. The van der Waals surface area contributed by atoms with E-state index in [1.165, 1.54) is 4.90 Å². The molecule has 2 N–H and O–H groups in total. The van der Waals surface area contributed by atoms with E-state index in [1.807, 2.05) is 61.5 Å². The lowest BCUT2D eigenvalue weighted by molar-refractivity contribution is -0.119. The minimum atomic E-state index is -1.09. The van der Waals surface area contributed by atoms with Crippen molar-refractivity contribution in [3.63, 3.8) is 0 Å². The third-order valence-electron chi connectivity index (χ3n) is 4.77. The van der Waals surface area contributed by atoms with Crippen LogP contribution in [0.2, 0.25) is 0 Å². The van der Waals surface area contributed by atoms with E-state index >= 15 is 0 Å². The van der Waals surface area contributed by atoms with Gasteiger partial charge in [0, 0.05) is 30.1 Å². The normalized spacial score (nSPS) is 15.7. The first-order valence-electron chi connectivity index (χ1n) is 9.53. The van der Waals surface area contributed by atoms with Crippen LogP contribution in [0.3, 0.4) is 0 Å². The number of benzene rings is 2. The van der Waals surface area contributed by atoms with Crippen molar-refractivity contribution in [3.05, 3.63) is 89.6 Å². The largest absolute Gasteiger partial charge is 0.321 e. The summed E-state index contributed by atoms with van der Waals surface area (Å²) in [4.78, 5) is 36.1. The van der Waals surface area contributed by atoms with E-state index in [0.29, 0.717) is 17.2 Å². The van der Waals surface area contributed by atoms with Gasteiger partial charge in [-0.25, -0.2) is 14.8 Å². The number of aromatic nitrogens is 1. The Balaban J connectivity index is 1.69. The number of nitrogens with zero attached hydrogens (tertiary/aromatic N) is 3. The average molecular weight is 399 g/mol. The number of nitrogens with one attached hydrogen (secondary N) is 2. The van der Waals surface area contributed by atoms with Crippen LogP contribution < -0.4 is 15.5 Å². The van der Waals surface area contributed by atoms with Crippen molar-refractivity contribution in [2.24, 2.45) is 4.99 Å². The molecule has 1 atom stereocenters. The molecule has 1 aliphatic heterocycles. The Labute approximate surface area is 174 Å². The highest BCUT2D eigenvalue weighted by molar-refractivity contribution is 6.19. The summed E-state index contributed by atoms with van der Waals surface area (Å²) < 4.78 is 0. The Morgan fingerprint density at radius 1 is 1.03 bits per heavy atom. The molecule has 0 saturated carbocycles. The molecule has 0 fully saturated rings. The maximum Gasteiger partial charge on any atom is 0.321 e. The van der Waals surface area contributed by atoms with Crippen LogP contribution in [-0.2, 0) is 4.79 Å². The topological polar surface area (TPSA) is 86.7 Å². The molecule has 30 heavy (non-hydrogen) atoms. The highest BCUT2D eigenvalue weighted by atomic mass is 16.2. The van der Waals surface area contributed by atoms with Gasteiger partial charge >= 0.3 is 6.03 Å². The monoisotopic (exact) mass is 399 g/mol. The average Bonchev–Trinajstić information content (AvgIpc) is 2.85. The molecule has 0 spiro atoms. The summed E-state index contributed by atoms with van der Waals surface area (Å²) in [6, 6.07) is 20.1. The van der Waals surface area contributed by atoms with Crippen molar-refractivity contribution in [2.75, 3.05) is 17.3 Å². The Bertz CT molecular complexity index is 1130. The molecule has 3 aromatic rings. The van der Waals surface area contributed by atoms with Crippen LogP contribution in [0.15, 0.2) is 77.9 Å². The van der Waals surface area contributed by atoms with Gasteiger partial charge in [0.25, 0.3) is 5.91 Å². The van der Waals surface area contributed by atoms with Crippen LogP contribution >= 0.6 is 0 Å². The number of hydrogen-bond acceptors (Lipinski definition) is 4. The minimum absolute atomic E-state index is 0.375. The first kappa shape index (κ1) is 19.3. The van der Waals surface area contributed by atoms with Crippen LogP contribution in [0.4, 0.5) is 16.3 Å². The second kappa shape index (κ2) is 8.16. The lowest BCUT2D eigenvalue weighted by Crippen LogP contribution is -2.47. The molecule has 2 heterocycles. The van der Waals surface area contributed by atoms with Gasteiger partial charge in [-0.3, -0.25) is 9.69 Å². The van der Waals surface area contributed by atoms with E-state index < -0.39 is 12.2 Å². The summed E-state index contributed by atoms with van der Waals surface area (Å²) in [6.45, 7) is 1.94. The molecule has 1 aromatic heterocycles. The molecule has 0 radical (unpaired) electrons. The fraction of sp³-hybridized carbons (Fsp3) is 0.130. The van der Waals surface area contributed by atoms with Gasteiger partial charge in [0.1, 0.15) is 5.82 Å². The standard InChI is InChI=1S/C23H21N5O2/c1-15-8-6-11-17(14-15)25-23(30)27-20-22(29)28(2)21-18(12-7-13-24-21)19(26-20)16-9-4-3-5-10-16/h3-14,20H,1-2H3,(H2,25,27,30)/t20-/m1/s1. The Morgan fingerprint density at radius 3 is 2.60 bits per heavy atom. The number of anilines is 2. The Hall–Kier alpha value is -4.00. The molecule has 0 saturated heterocycles. The maximum atomic E-state index is 13.1. The third kappa shape index (κ3) is 3.91. The van der Waals surface area contributed by atoms with Gasteiger partial charge in [-0.2, -0.15) is 0 Å². The summed E-state index contributed by atoms with van der Waals surface area (Å²) in [5, 5.41) is 5.44. The number of fused-ring (bicyclic) bond motifs is 1. The molecule has 150 valence electrons. The zero-order chi connectivity index (χ0) is 21.1. The van der Waals surface area contributed by atoms with E-state index in [1.54, 1.807) is 25.4 Å². The number of hydrogen-bond donors (Lipinski definition) is 2. The van der Waals surface area contributed by atoms with E-state index in [2.05, 4.69) is 20.6 Å². The smallest absolute Gasteiger partial charge is 0.308 e. The number of aryl methyl sites for hydroxylation is 1. The maximum absolute atomic E-state index is 13.1. The summed E-state index contributed by atoms with van der Waals surface area (Å²) >= 11 is 0. The van der Waals surface area contributed by atoms with E-state index in [0.717, 1.165) is 16.7 Å². The molecular formula is C23H21N5O2. The van der Waals surface area contributed by atoms with Gasteiger partial charge in [0.05, 0.1) is 5.71 Å². The molecule has 0 bridgehead atoms. The highest BCUT2D eigenvalue weighted by Crippen LogP contribution is 2.25. The number of likely N-dealkylation sites (N-methyl/N-ethyl adjacent to an activating group) is 1. The van der Waals surface area contributed by atoms with Gasteiger partial charge in [0.2, 0.25) is 6.17 Å². The molecule has 2 aromatic carbocycles. The lowest BCUT2D eigenvalue weighted by atomic mass is 10.0. The van der Waals surface area contributed by atoms with Gasteiger partial charge < -0.3 is 10.6 Å². The third-order valence-corrected chi connectivity index (χ3v) is 4.77. The number of carbonyl (C=O) groups excluding carboxylic acids is 2. The molecule has 7 nitrogen and oxygen atoms in total. The predicted octanol–water partition coefficient (Wildman–Crippen LogP) is 3.35. The molecule has 0 unspecified atom stereocenters. The Kier molecular flexibility index (Phi) is 5.26. The fourth-order valence-electron chi connectivity index (χ4n) is 3.32. The number of aliphatic imine (C=N–C) groups is 1. The molecule has 4 rings (SSSR count). The van der Waals surface area contributed by atoms with Gasteiger partial charge in [-0.1, -0.05) is 42.5 Å². The van der Waals surface area contributed by atoms with Crippen LogP contribution in [0.25, 0.3) is 0 Å². The summed E-state index contributed by atoms with van der Waals surface area (Å²) in [5.74, 6) is 0.119. The molecule has 3 amide bonds. The van der Waals surface area contributed by atoms with Crippen molar-refractivity contribution in [2.45, 2.75) is 13.1 Å². The quantitative estimate of drug-likeness (QED) is 0.708. The second-order valence-electron chi connectivity index (χ2n) is 6.99. The van der Waals surface area contributed by atoms with E-state index in [4.69, 9.17) is 0 Å². The zero-order valence-electron chi connectivity index (χ0n) is 16.7. The van der Waals surface area contributed by atoms with Crippen LogP contribution in [0, 0.1) is 6.92 Å². The molecule has 7 heteroatoms. The molecule has 1 aliphatic rings. The number of amides is 3. The minimum Gasteiger partial charge on any atom is -0.308 e. The van der Waals surface area contributed by atoms with E-state index in [-0.39, 0.29) is 5.91 Å². The number of carbonyl (C=O) groups is 2. The number of pyridine rings is 1. The van der Waals surface area contributed by atoms with E-state index in [9.17, 15) is 9.59 Å². The summed E-state index contributed by atoms with van der Waals surface area (Å²) in [5.41, 5.74) is 3.81. The lowest BCUT2D eigenvalue weighted by Gasteiger charge is -2.20. The predicted molar refractivity (Wildman–Crippen MR) is 117 cm³/mol. The first-order chi connectivity index (χ1) is 14.5. The van der Waals surface area contributed by atoms with Gasteiger partial charge in [-0.15, -0.1) is 0 Å². The van der Waals surface area contributed by atoms with Crippen molar-refractivity contribution < 1.29 is 9.59 Å². The SMILES string of the molecule is Cc1cccc(NC(=O)N[C@H]2N=C(c3ccccc3)c3cccnc3N(C)C2=O)c1. The van der Waals surface area contributed by atoms with Gasteiger partial charge in [0.15, 0.2) is 0 Å². The van der Waals surface area contributed by atoms with Crippen LogP contribution in [0.5, 0.6) is 0 Å². The Morgan fingerprint density at radius 2 is 1.83 bits per heavy atom. The molecular weight excluding hydrogens is 378 g/mol. The summed E-state index contributed by atoms with van der Waals surface area (Å²) in [6.07, 6.45) is 0.535. The molecule has 0 aliphatic carbocycles. The van der Waals surface area contributed by atoms with Crippen molar-refractivity contribution in [3.8, 4) is 0 Å². The number of rotatable bonds is 3. The van der Waals surface area contributed by atoms with Crippen molar-refractivity contribution >= 4 is 29.2 Å². The van der Waals surface area contributed by atoms with Crippen LogP contribution in [-0.4, -0.2) is 35.8 Å². The first-order valence-corrected chi connectivity index (χ1v) is 9.53. The van der Waals surface area contributed by atoms with Crippen molar-refractivity contribution in [1.82, 2.24) is 10.3 Å². The highest BCUT2D eigenvalue weighted by Gasteiger charge is 2.31.